The van der Waals surface area contributed by atoms with Crippen LogP contribution in [0.2, 0.25) is 5.02 Å². The Balaban J connectivity index is 0.00000337. The third-order valence-corrected chi connectivity index (χ3v) is 8.52. The van der Waals surface area contributed by atoms with Gasteiger partial charge in [0.2, 0.25) is 0 Å². The van der Waals surface area contributed by atoms with E-state index in [-0.39, 0.29) is 41.9 Å². The van der Waals surface area contributed by atoms with E-state index in [2.05, 4.69) is 41.1 Å². The summed E-state index contributed by atoms with van der Waals surface area (Å²) in [5, 5.41) is 16.2. The largest absolute Gasteiger partial charge is 1.00 e. The maximum atomic E-state index is 11.1. The van der Waals surface area contributed by atoms with E-state index in [1.165, 1.54) is 11.1 Å². The fraction of sp³-hybridized carbons (Fsp3) is 0.188. The number of imidazole rings is 1. The summed E-state index contributed by atoms with van der Waals surface area (Å²) in [6, 6.07) is 28.4. The number of para-hydroxylation sites is 2. The number of carbonyl (C=O) groups excluding carboxylic acids is 1. The van der Waals surface area contributed by atoms with Crippen molar-refractivity contribution in [3.8, 4) is 11.4 Å². The van der Waals surface area contributed by atoms with Crippen LogP contribution in [0.1, 0.15) is 34.6 Å². The van der Waals surface area contributed by atoms with Gasteiger partial charge < -0.3 is 20.0 Å². The second-order valence-corrected chi connectivity index (χ2v) is 11.3. The number of fused-ring (bicyclic) bond motifs is 2. The molecule has 6 nitrogen and oxygen atoms in total. The molecular weight excluding hydrogens is 565 g/mol. The number of ether oxygens (including phenoxy) is 1. The van der Waals surface area contributed by atoms with Gasteiger partial charge >= 0.3 is 29.6 Å². The molecule has 41 heavy (non-hydrogen) atoms. The monoisotopic (exact) mass is 591 g/mol. The smallest absolute Gasteiger partial charge is 0.550 e. The summed E-state index contributed by atoms with van der Waals surface area (Å²) < 4.78 is 8.01. The van der Waals surface area contributed by atoms with Crippen molar-refractivity contribution in [1.82, 2.24) is 9.55 Å². The minimum atomic E-state index is -1.06. The number of carbonyl (C=O) groups is 1. The zero-order chi connectivity index (χ0) is 27.6. The van der Waals surface area contributed by atoms with Gasteiger partial charge in [-0.05, 0) is 66.4 Å². The molecule has 0 radical (unpaired) electrons. The average Bonchev–Trinajstić information content (AvgIpc) is 3.52. The van der Waals surface area contributed by atoms with Crippen molar-refractivity contribution in [3.63, 3.8) is 0 Å². The molecule has 0 spiro atoms. The summed E-state index contributed by atoms with van der Waals surface area (Å²) in [7, 11) is 0. The molecule has 0 bridgehead atoms. The summed E-state index contributed by atoms with van der Waals surface area (Å²) in [4.78, 5) is 16.0. The standard InChI is InChI=1S/C32H28ClN3O3S.Na/c1-20-22(17-34-25-13-14-26-23(15-31(37)38)18-39-30(26)16-25)5-4-8-28(20)36-29-7-3-2-6-27(29)35-32(36)40-19-21-9-11-24(33)12-10-21;/h2-14,16,23,34H,15,17-19H2,1H3,(H,37,38);/q;+1/p-1/t23-;/m1./s1. The van der Waals surface area contributed by atoms with Crippen molar-refractivity contribution in [3.05, 3.63) is 112 Å². The van der Waals surface area contributed by atoms with E-state index in [1.807, 2.05) is 60.7 Å². The number of hydrogen-bond donors (Lipinski definition) is 1. The van der Waals surface area contributed by atoms with Gasteiger partial charge in [-0.15, -0.1) is 0 Å². The van der Waals surface area contributed by atoms with E-state index in [9.17, 15) is 9.90 Å². The second kappa shape index (κ2) is 12.9. The van der Waals surface area contributed by atoms with Gasteiger partial charge in [-0.2, -0.15) is 0 Å². The minimum absolute atomic E-state index is 0. The van der Waals surface area contributed by atoms with Crippen LogP contribution in [-0.4, -0.2) is 22.1 Å². The van der Waals surface area contributed by atoms with Crippen molar-refractivity contribution < 1.29 is 44.2 Å². The number of thioether (sulfide) groups is 1. The van der Waals surface area contributed by atoms with Crippen molar-refractivity contribution in [2.45, 2.75) is 36.7 Å². The number of rotatable bonds is 9. The number of carboxylic acid groups (broad SMARTS) is 1. The van der Waals surface area contributed by atoms with E-state index in [1.54, 1.807) is 11.8 Å². The summed E-state index contributed by atoms with van der Waals surface area (Å²) in [6.07, 6.45) is -0.0331. The Morgan fingerprint density at radius 2 is 1.90 bits per heavy atom. The van der Waals surface area contributed by atoms with Crippen molar-refractivity contribution in [2.24, 2.45) is 0 Å². The van der Waals surface area contributed by atoms with Crippen molar-refractivity contribution in [2.75, 3.05) is 11.9 Å². The van der Waals surface area contributed by atoms with Crippen LogP contribution in [0.15, 0.2) is 90.1 Å². The number of nitrogens with zero attached hydrogens (tertiary/aromatic N) is 2. The van der Waals surface area contributed by atoms with Gasteiger partial charge in [-0.1, -0.05) is 65.8 Å². The first-order valence-corrected chi connectivity index (χ1v) is 14.5. The van der Waals surface area contributed by atoms with Gasteiger partial charge in [0.25, 0.3) is 0 Å². The maximum absolute atomic E-state index is 11.1. The number of aromatic nitrogens is 2. The predicted molar refractivity (Wildman–Crippen MR) is 158 cm³/mol. The molecule has 4 aromatic carbocycles. The normalized spacial score (nSPS) is 13.9. The third-order valence-electron chi connectivity index (χ3n) is 7.26. The fourth-order valence-electron chi connectivity index (χ4n) is 5.12. The molecule has 1 N–H and O–H groups in total. The quantitative estimate of drug-likeness (QED) is 0.209. The van der Waals surface area contributed by atoms with E-state index in [4.69, 9.17) is 21.3 Å². The number of benzene rings is 4. The Morgan fingerprint density at radius 3 is 2.71 bits per heavy atom. The molecule has 202 valence electrons. The van der Waals surface area contributed by atoms with Gasteiger partial charge in [0.05, 0.1) is 23.3 Å². The molecule has 9 heteroatoms. The van der Waals surface area contributed by atoms with E-state index in [0.29, 0.717) is 13.2 Å². The molecule has 0 unspecified atom stereocenters. The topological polar surface area (TPSA) is 79.2 Å². The Morgan fingerprint density at radius 1 is 1.10 bits per heavy atom. The Kier molecular flexibility index (Phi) is 9.32. The zero-order valence-electron chi connectivity index (χ0n) is 22.9. The number of aliphatic carboxylic acids is 1. The van der Waals surface area contributed by atoms with E-state index in [0.717, 1.165) is 55.2 Å². The summed E-state index contributed by atoms with van der Waals surface area (Å²) in [5.41, 5.74) is 8.47. The summed E-state index contributed by atoms with van der Waals surface area (Å²) in [6.45, 7) is 3.14. The summed E-state index contributed by atoms with van der Waals surface area (Å²) >= 11 is 7.78. The molecule has 0 saturated carbocycles. The molecular formula is C32H27ClN3NaO3S. The van der Waals surface area contributed by atoms with Gasteiger partial charge in [0, 0.05) is 46.5 Å². The SMILES string of the molecule is Cc1c(CNc2ccc3c(c2)OC[C@H]3CC(=O)[O-])cccc1-n1c(SCc2ccc(Cl)cc2)nc2ccccc21.[Na+]. The van der Waals surface area contributed by atoms with Crippen molar-refractivity contribution in [1.29, 1.82) is 0 Å². The van der Waals surface area contributed by atoms with E-state index >= 15 is 0 Å². The van der Waals surface area contributed by atoms with Crippen LogP contribution in [0.5, 0.6) is 5.75 Å². The van der Waals surface area contributed by atoms with Crippen LogP contribution in [-0.2, 0) is 17.1 Å². The number of halogens is 1. The molecule has 1 aliphatic rings. The molecule has 0 amide bonds. The molecule has 2 heterocycles. The molecule has 0 saturated heterocycles. The van der Waals surface area contributed by atoms with Crippen LogP contribution < -0.4 is 44.7 Å². The van der Waals surface area contributed by atoms with Crippen LogP contribution in [0, 0.1) is 6.92 Å². The summed E-state index contributed by atoms with van der Waals surface area (Å²) in [5.74, 6) is 0.292. The van der Waals surface area contributed by atoms with Crippen LogP contribution in [0.4, 0.5) is 5.69 Å². The predicted octanol–water partition coefficient (Wildman–Crippen LogP) is 3.51. The Bertz CT molecular complexity index is 1710. The van der Waals surface area contributed by atoms with Gasteiger partial charge in [-0.25, -0.2) is 4.98 Å². The average molecular weight is 592 g/mol. The van der Waals surface area contributed by atoms with Crippen LogP contribution in [0.25, 0.3) is 16.7 Å². The Hall–Kier alpha value is -2.94. The molecule has 5 aromatic rings. The molecule has 6 rings (SSSR count). The van der Waals surface area contributed by atoms with Crippen LogP contribution >= 0.6 is 23.4 Å². The van der Waals surface area contributed by atoms with E-state index < -0.39 is 5.97 Å². The molecule has 1 aromatic heterocycles. The second-order valence-electron chi connectivity index (χ2n) is 9.89. The maximum Gasteiger partial charge on any atom is 1.00 e. The van der Waals surface area contributed by atoms with Crippen molar-refractivity contribution >= 4 is 46.1 Å². The molecule has 1 aliphatic heterocycles. The van der Waals surface area contributed by atoms with Crippen LogP contribution in [0.3, 0.4) is 0 Å². The minimum Gasteiger partial charge on any atom is -0.550 e. The first kappa shape index (κ1) is 29.5. The number of carboxylic acids is 1. The number of hydrogen-bond acceptors (Lipinski definition) is 6. The van der Waals surface area contributed by atoms with Gasteiger partial charge in [0.1, 0.15) is 5.75 Å². The van der Waals surface area contributed by atoms with Gasteiger partial charge in [-0.3, -0.25) is 4.57 Å². The molecule has 0 fully saturated rings. The molecule has 1 atom stereocenters. The first-order chi connectivity index (χ1) is 19.5. The number of anilines is 1. The third kappa shape index (κ3) is 6.45. The fourth-order valence-corrected chi connectivity index (χ4v) is 6.22. The molecule has 0 aliphatic carbocycles. The number of nitrogens with one attached hydrogen (secondary N) is 1. The first-order valence-electron chi connectivity index (χ1n) is 13.1. The van der Waals surface area contributed by atoms with Gasteiger partial charge in [0.15, 0.2) is 5.16 Å². The zero-order valence-corrected chi connectivity index (χ0v) is 26.5. The Labute approximate surface area is 270 Å².